The molecule has 0 aliphatic heterocycles. The molecule has 74 valence electrons. The van der Waals surface area contributed by atoms with Crippen molar-refractivity contribution in [2.45, 2.75) is 6.42 Å². The zero-order valence-electron chi connectivity index (χ0n) is 7.27. The Morgan fingerprint density at radius 1 is 1.64 bits per heavy atom. The van der Waals surface area contributed by atoms with Crippen LogP contribution in [-0.4, -0.2) is 16.0 Å². The number of hydrogen-bond acceptors (Lipinski definition) is 3. The number of hydrogen-bond donors (Lipinski definition) is 2. The van der Waals surface area contributed by atoms with Gasteiger partial charge in [0.1, 0.15) is 0 Å². The number of rotatable bonds is 3. The van der Waals surface area contributed by atoms with Crippen molar-refractivity contribution in [3.63, 3.8) is 0 Å². The second-order valence-corrected chi connectivity index (χ2v) is 2.98. The molecule has 5 heteroatoms. The van der Waals surface area contributed by atoms with Gasteiger partial charge >= 0.3 is 0 Å². The van der Waals surface area contributed by atoms with E-state index in [1.54, 1.807) is 18.2 Å². The molecule has 3 N–H and O–H groups in total. The molecule has 14 heavy (non-hydrogen) atoms. The van der Waals surface area contributed by atoms with Crippen molar-refractivity contribution in [2.24, 2.45) is 5.73 Å². The Morgan fingerprint density at radius 2 is 2.36 bits per heavy atom. The van der Waals surface area contributed by atoms with E-state index in [9.17, 15) is 4.79 Å². The second kappa shape index (κ2) is 4.62. The fraction of sp³-hybridized carbons (Fsp3) is 0.111. The maximum Gasteiger partial charge on any atom is 0.221 e. The Labute approximate surface area is 86.0 Å². The molecular weight excluding hydrogens is 204 g/mol. The van der Waals surface area contributed by atoms with Crippen LogP contribution in [0.15, 0.2) is 18.2 Å². The first kappa shape index (κ1) is 10.5. The summed E-state index contributed by atoms with van der Waals surface area (Å²) in [5.41, 5.74) is 5.50. The summed E-state index contributed by atoms with van der Waals surface area (Å²) in [7, 11) is 0. The molecule has 1 aromatic rings. The van der Waals surface area contributed by atoms with E-state index in [1.165, 1.54) is 6.07 Å². The van der Waals surface area contributed by atoms with Crippen molar-refractivity contribution >= 4 is 23.6 Å². The highest BCUT2D eigenvalue weighted by Crippen LogP contribution is 2.20. The predicted molar refractivity (Wildman–Crippen MR) is 53.8 cm³/mol. The van der Waals surface area contributed by atoms with Crippen molar-refractivity contribution < 1.29 is 9.90 Å². The molecule has 0 aromatic carbocycles. The molecule has 1 aromatic heterocycles. The van der Waals surface area contributed by atoms with E-state index in [0.717, 1.165) is 0 Å². The lowest BCUT2D eigenvalue weighted by atomic mass is 10.3. The molecular formula is C9H9ClN2O2. The zero-order valence-corrected chi connectivity index (χ0v) is 8.03. The maximum atomic E-state index is 10.4. The van der Waals surface area contributed by atoms with Gasteiger partial charge < -0.3 is 10.8 Å². The van der Waals surface area contributed by atoms with E-state index in [4.69, 9.17) is 22.4 Å². The topological polar surface area (TPSA) is 76.2 Å². The first-order chi connectivity index (χ1) is 6.59. The Kier molecular flexibility index (Phi) is 3.48. The lowest BCUT2D eigenvalue weighted by molar-refractivity contribution is -0.117. The maximum absolute atomic E-state index is 10.4. The molecule has 1 heterocycles. The van der Waals surface area contributed by atoms with E-state index in [1.807, 2.05) is 0 Å². The van der Waals surface area contributed by atoms with E-state index in [-0.39, 0.29) is 17.3 Å². The number of nitrogens with zero attached hydrogens (tertiary/aromatic N) is 1. The summed E-state index contributed by atoms with van der Waals surface area (Å²) in [4.78, 5) is 14.2. The first-order valence-corrected chi connectivity index (χ1v) is 4.28. The summed E-state index contributed by atoms with van der Waals surface area (Å²) in [5, 5.41) is 9.10. The zero-order chi connectivity index (χ0) is 10.6. The van der Waals surface area contributed by atoms with Crippen LogP contribution in [0.1, 0.15) is 12.1 Å². The molecule has 0 spiro atoms. The quantitative estimate of drug-likeness (QED) is 0.743. The molecule has 0 unspecified atom stereocenters. The van der Waals surface area contributed by atoms with Gasteiger partial charge in [-0.3, -0.25) is 4.79 Å². The van der Waals surface area contributed by atoms with Crippen LogP contribution >= 0.6 is 11.6 Å². The van der Waals surface area contributed by atoms with Gasteiger partial charge in [-0.1, -0.05) is 17.7 Å². The van der Waals surface area contributed by atoms with Crippen LogP contribution < -0.4 is 5.73 Å². The summed E-state index contributed by atoms with van der Waals surface area (Å²) >= 11 is 5.57. The summed E-state index contributed by atoms with van der Waals surface area (Å²) < 4.78 is 0. The van der Waals surface area contributed by atoms with Crippen molar-refractivity contribution in [1.82, 2.24) is 4.98 Å². The predicted octanol–water partition coefficient (Wildman–Crippen LogP) is 1.33. The van der Waals surface area contributed by atoms with Gasteiger partial charge in [0.05, 0.1) is 5.69 Å². The van der Waals surface area contributed by atoms with E-state index in [2.05, 4.69) is 4.98 Å². The van der Waals surface area contributed by atoms with Crippen molar-refractivity contribution in [2.75, 3.05) is 0 Å². The van der Waals surface area contributed by atoms with Crippen LogP contribution in [0.3, 0.4) is 0 Å². The minimum atomic E-state index is -0.411. The third kappa shape index (κ3) is 3.06. The van der Waals surface area contributed by atoms with Gasteiger partial charge in [0, 0.05) is 6.42 Å². The number of amides is 1. The first-order valence-electron chi connectivity index (χ1n) is 3.90. The van der Waals surface area contributed by atoms with Crippen LogP contribution in [0.2, 0.25) is 5.15 Å². The van der Waals surface area contributed by atoms with E-state index in [0.29, 0.717) is 5.69 Å². The normalized spacial score (nSPS) is 10.6. The van der Waals surface area contributed by atoms with Gasteiger partial charge in [-0.05, 0) is 18.2 Å². The van der Waals surface area contributed by atoms with Crippen LogP contribution in [0.4, 0.5) is 0 Å². The number of nitrogens with two attached hydrogens (primary N) is 1. The average Bonchev–Trinajstić information content (AvgIpc) is 2.10. The molecule has 1 rings (SSSR count). The molecule has 4 nitrogen and oxygen atoms in total. The van der Waals surface area contributed by atoms with Crippen LogP contribution in [0.5, 0.6) is 5.75 Å². The minimum Gasteiger partial charge on any atom is -0.505 e. The largest absolute Gasteiger partial charge is 0.505 e. The minimum absolute atomic E-state index is 0.0335. The highest BCUT2D eigenvalue weighted by molar-refractivity contribution is 6.30. The summed E-state index contributed by atoms with van der Waals surface area (Å²) in [5.74, 6) is -0.482. The van der Waals surface area contributed by atoms with Crippen LogP contribution in [0.25, 0.3) is 6.08 Å². The average molecular weight is 213 g/mol. The number of pyridine rings is 1. The van der Waals surface area contributed by atoms with Gasteiger partial charge in [0.2, 0.25) is 5.91 Å². The lowest BCUT2D eigenvalue weighted by Crippen LogP contribution is -2.07. The SMILES string of the molecule is NC(=O)CC=Cc1ccc(O)c(Cl)n1. The Hall–Kier alpha value is -1.55. The Morgan fingerprint density at radius 3 is 2.93 bits per heavy atom. The monoisotopic (exact) mass is 212 g/mol. The van der Waals surface area contributed by atoms with Gasteiger partial charge in [0.25, 0.3) is 0 Å². The van der Waals surface area contributed by atoms with Gasteiger partial charge in [-0.15, -0.1) is 0 Å². The summed E-state index contributed by atoms with van der Waals surface area (Å²) in [6.07, 6.45) is 3.34. The molecule has 0 saturated heterocycles. The highest BCUT2D eigenvalue weighted by atomic mass is 35.5. The number of halogens is 1. The highest BCUT2D eigenvalue weighted by Gasteiger charge is 1.98. The third-order valence-electron chi connectivity index (χ3n) is 1.46. The van der Waals surface area contributed by atoms with Crippen molar-refractivity contribution in [3.8, 4) is 5.75 Å². The van der Waals surface area contributed by atoms with Gasteiger partial charge in [0.15, 0.2) is 10.9 Å². The van der Waals surface area contributed by atoms with Crippen LogP contribution in [0, 0.1) is 0 Å². The molecule has 1 amide bonds. The Balaban J connectivity index is 2.73. The molecule has 0 saturated carbocycles. The van der Waals surface area contributed by atoms with Crippen molar-refractivity contribution in [3.05, 3.63) is 29.1 Å². The molecule has 0 bridgehead atoms. The molecule has 0 aliphatic carbocycles. The number of carbonyl (C=O) groups excluding carboxylic acids is 1. The van der Waals surface area contributed by atoms with Gasteiger partial charge in [-0.25, -0.2) is 4.98 Å². The fourth-order valence-corrected chi connectivity index (χ4v) is 0.990. The second-order valence-electron chi connectivity index (χ2n) is 2.62. The lowest BCUT2D eigenvalue weighted by Gasteiger charge is -1.96. The fourth-order valence-electron chi connectivity index (χ4n) is 0.830. The number of primary amides is 1. The molecule has 0 radical (unpaired) electrons. The van der Waals surface area contributed by atoms with Crippen molar-refractivity contribution in [1.29, 1.82) is 0 Å². The van der Waals surface area contributed by atoms with E-state index < -0.39 is 5.91 Å². The summed E-state index contributed by atoms with van der Waals surface area (Å²) in [6.45, 7) is 0. The van der Waals surface area contributed by atoms with E-state index >= 15 is 0 Å². The molecule has 0 atom stereocenters. The third-order valence-corrected chi connectivity index (χ3v) is 1.74. The Bertz CT molecular complexity index is 377. The summed E-state index contributed by atoms with van der Waals surface area (Å²) in [6, 6.07) is 3.01. The molecule has 0 aliphatic rings. The standard InChI is InChI=1S/C9H9ClN2O2/c10-9-7(13)5-4-6(12-9)2-1-3-8(11)14/h1-2,4-5,13H,3H2,(H2,11,14). The molecule has 0 fully saturated rings. The number of aromatic nitrogens is 1. The van der Waals surface area contributed by atoms with Crippen LogP contribution in [-0.2, 0) is 4.79 Å². The smallest absolute Gasteiger partial charge is 0.221 e. The van der Waals surface area contributed by atoms with Gasteiger partial charge in [-0.2, -0.15) is 0 Å². The number of aromatic hydroxyl groups is 1. The number of carbonyl (C=O) groups is 1.